The first kappa shape index (κ1) is 82.1. The molecule has 378 valence electrons. The van der Waals surface area contributed by atoms with Gasteiger partial charge in [-0.15, -0.1) is 0 Å². The maximum Gasteiger partial charge on any atom is 0.000281 e. The summed E-state index contributed by atoms with van der Waals surface area (Å²) in [7, 11) is 3.61. The van der Waals surface area contributed by atoms with Gasteiger partial charge >= 0.3 is 0 Å². The van der Waals surface area contributed by atoms with Crippen LogP contribution in [0.5, 0.6) is 0 Å². The monoisotopic (exact) mass is 1030 g/mol. The van der Waals surface area contributed by atoms with E-state index in [2.05, 4.69) is 264 Å². The SMILES string of the molecule is CC.CC.CC.CC.CCBr.CCBr.CCC.CCC.CCC.CCCC.CCN(C)CC.CN.c1ccc2ccccc2c1.c1ccc2ccccc2c1.c1ccc2ccccc2c1. The molecule has 0 radical (unpaired) electrons. The number of hydrogen-bond donors (Lipinski definition) is 1. The van der Waals surface area contributed by atoms with Crippen LogP contribution >= 0.6 is 31.9 Å². The average Bonchev–Trinajstić information content (AvgIpc) is 3.39. The van der Waals surface area contributed by atoms with E-state index in [4.69, 9.17) is 0 Å². The van der Waals surface area contributed by atoms with Crippen LogP contribution in [0.1, 0.15) is 171 Å². The summed E-state index contributed by atoms with van der Waals surface area (Å²) in [4.78, 5) is 2.25. The molecule has 0 saturated heterocycles. The highest BCUT2D eigenvalue weighted by atomic mass is 79.9. The third-order valence-corrected chi connectivity index (χ3v) is 6.56. The third kappa shape index (κ3) is 67.7. The number of rotatable bonds is 3. The highest BCUT2D eigenvalue weighted by Crippen LogP contribution is 2.13. The Morgan fingerprint density at radius 2 is 0.400 bits per heavy atom. The highest BCUT2D eigenvalue weighted by Gasteiger charge is 1.87. The number of nitrogens with zero attached hydrogens (tertiary/aromatic N) is 1. The van der Waals surface area contributed by atoms with Crippen molar-refractivity contribution in [2.24, 2.45) is 5.73 Å². The van der Waals surface area contributed by atoms with Gasteiger partial charge in [-0.2, -0.15) is 0 Å². The summed E-state index contributed by atoms with van der Waals surface area (Å²) in [6.45, 7) is 43.8. The molecule has 6 aromatic rings. The Morgan fingerprint density at radius 1 is 0.308 bits per heavy atom. The molecule has 0 aliphatic heterocycles. The van der Waals surface area contributed by atoms with Gasteiger partial charge in [0.25, 0.3) is 0 Å². The third-order valence-electron chi connectivity index (χ3n) is 6.56. The molecule has 0 aliphatic carbocycles. The second-order valence-electron chi connectivity index (χ2n) is 12.2. The number of hydrogen-bond acceptors (Lipinski definition) is 2. The first-order chi connectivity index (χ1) is 31.7. The highest BCUT2D eigenvalue weighted by molar-refractivity contribution is 9.09. The largest absolute Gasteiger partial charge is 0.333 e. The normalized spacial score (nSPS) is 7.85. The summed E-state index contributed by atoms with van der Waals surface area (Å²) in [5, 5.41) is 9.99. The molecule has 0 bridgehead atoms. The van der Waals surface area contributed by atoms with Gasteiger partial charge in [-0.3, -0.25) is 0 Å². The van der Waals surface area contributed by atoms with Crippen molar-refractivity contribution in [3.8, 4) is 0 Å². The summed E-state index contributed by atoms with van der Waals surface area (Å²) in [6.07, 6.45) is 6.39. The van der Waals surface area contributed by atoms with E-state index in [-0.39, 0.29) is 0 Å². The first-order valence-electron chi connectivity index (χ1n) is 25.4. The van der Waals surface area contributed by atoms with E-state index < -0.39 is 0 Å². The summed E-state index contributed by atoms with van der Waals surface area (Å²) in [6, 6.07) is 50.1. The molecule has 0 aromatic heterocycles. The molecule has 65 heavy (non-hydrogen) atoms. The zero-order valence-corrected chi connectivity index (χ0v) is 50.2. The predicted molar refractivity (Wildman–Crippen MR) is 324 cm³/mol. The van der Waals surface area contributed by atoms with Crippen LogP contribution in [0, 0.1) is 0 Å². The Kier molecular flexibility index (Phi) is 107. The molecule has 0 saturated carbocycles. The standard InChI is InChI=1S/3C10H8.C5H13N.C4H10.3C3H8.2C2H5Br.4C2H6.CH5N/c3*1-2-6-10-8-4-3-7-9(10)5-1;1-4-6(3)5-2;1-3-4-2;3*1-3-2;2*1-2-3;5*1-2/h3*1-8H;4-5H2,1-3H3;3-4H2,1-2H3;3*3H2,1-2H3;2*2H2,1H3;4*1-2H3;2H2,1H3. The van der Waals surface area contributed by atoms with Gasteiger partial charge in [-0.1, -0.05) is 348 Å². The van der Waals surface area contributed by atoms with E-state index >= 15 is 0 Å². The van der Waals surface area contributed by atoms with E-state index in [0.717, 1.165) is 23.7 Å². The maximum atomic E-state index is 4.50. The van der Waals surface area contributed by atoms with Crippen LogP contribution in [-0.2, 0) is 0 Å². The molecular formula is C61H110Br2N2. The quantitative estimate of drug-likeness (QED) is 0.179. The van der Waals surface area contributed by atoms with Crippen LogP contribution in [0.4, 0.5) is 0 Å². The van der Waals surface area contributed by atoms with E-state index in [9.17, 15) is 0 Å². The fourth-order valence-electron chi connectivity index (χ4n) is 3.62. The minimum absolute atomic E-state index is 1.06. The van der Waals surface area contributed by atoms with Gasteiger partial charge in [0.05, 0.1) is 0 Å². The van der Waals surface area contributed by atoms with E-state index in [1.54, 1.807) is 0 Å². The lowest BCUT2D eigenvalue weighted by molar-refractivity contribution is 0.373. The fraction of sp³-hybridized carbons (Fsp3) is 0.508. The Hall–Kier alpha value is -3.02. The van der Waals surface area contributed by atoms with Gasteiger partial charge in [0.15, 0.2) is 0 Å². The van der Waals surface area contributed by atoms with E-state index in [0.29, 0.717) is 0 Å². The molecule has 0 fully saturated rings. The predicted octanol–water partition coefficient (Wildman–Crippen LogP) is 22.0. The zero-order chi connectivity index (χ0) is 52.4. The lowest BCUT2D eigenvalue weighted by atomic mass is 10.1. The number of benzene rings is 6. The maximum absolute atomic E-state index is 4.50. The van der Waals surface area contributed by atoms with Gasteiger partial charge in [-0.05, 0) is 59.5 Å². The molecule has 0 heterocycles. The molecule has 4 heteroatoms. The topological polar surface area (TPSA) is 29.3 Å². The van der Waals surface area contributed by atoms with Crippen molar-refractivity contribution in [1.29, 1.82) is 0 Å². The number of unbranched alkanes of at least 4 members (excludes halogenated alkanes) is 1. The van der Waals surface area contributed by atoms with Gasteiger partial charge in [0.1, 0.15) is 0 Å². The lowest BCUT2D eigenvalue weighted by Crippen LogP contribution is -2.15. The van der Waals surface area contributed by atoms with Crippen molar-refractivity contribution in [3.63, 3.8) is 0 Å². The van der Waals surface area contributed by atoms with Crippen molar-refractivity contribution in [1.82, 2.24) is 4.90 Å². The Labute approximate surface area is 426 Å². The van der Waals surface area contributed by atoms with Gasteiger partial charge in [-0.25, -0.2) is 0 Å². The zero-order valence-electron chi connectivity index (χ0n) is 47.0. The molecule has 6 aromatic carbocycles. The number of alkyl halides is 2. The van der Waals surface area contributed by atoms with Crippen molar-refractivity contribution in [2.45, 2.75) is 171 Å². The van der Waals surface area contributed by atoms with Crippen LogP contribution in [-0.4, -0.2) is 42.7 Å². The Balaban J connectivity index is -0.0000000780. The number of halogens is 2. The Morgan fingerprint density at radius 3 is 0.446 bits per heavy atom. The van der Waals surface area contributed by atoms with Gasteiger partial charge < -0.3 is 10.6 Å². The van der Waals surface area contributed by atoms with Crippen LogP contribution in [0.2, 0.25) is 0 Å². The van der Waals surface area contributed by atoms with E-state index in [1.165, 1.54) is 71.5 Å². The average molecular weight is 1030 g/mol. The van der Waals surface area contributed by atoms with E-state index in [1.807, 2.05) is 69.2 Å². The summed E-state index contributed by atoms with van der Waals surface area (Å²) >= 11 is 6.29. The number of fused-ring (bicyclic) bond motifs is 3. The minimum Gasteiger partial charge on any atom is -0.333 e. The van der Waals surface area contributed by atoms with Gasteiger partial charge in [0.2, 0.25) is 0 Å². The second-order valence-corrected chi connectivity index (χ2v) is 14.4. The molecular weight excluding hydrogens is 920 g/mol. The molecule has 2 nitrogen and oxygen atoms in total. The lowest BCUT2D eigenvalue weighted by Gasteiger charge is -2.07. The molecule has 0 amide bonds. The van der Waals surface area contributed by atoms with Crippen molar-refractivity contribution in [2.75, 3.05) is 37.8 Å². The summed E-state index contributed by atoms with van der Waals surface area (Å²) in [5.41, 5.74) is 4.50. The molecule has 0 atom stereocenters. The van der Waals surface area contributed by atoms with Crippen molar-refractivity contribution in [3.05, 3.63) is 146 Å². The van der Waals surface area contributed by atoms with Crippen molar-refractivity contribution < 1.29 is 0 Å². The fourth-order valence-corrected chi connectivity index (χ4v) is 3.62. The molecule has 0 aliphatic rings. The smallest absolute Gasteiger partial charge is 0.000281 e. The van der Waals surface area contributed by atoms with Crippen LogP contribution in [0.3, 0.4) is 0 Å². The number of nitrogens with two attached hydrogens (primary N) is 1. The first-order valence-corrected chi connectivity index (χ1v) is 27.6. The van der Waals surface area contributed by atoms with Crippen LogP contribution < -0.4 is 5.73 Å². The second kappa shape index (κ2) is 84.4. The minimum atomic E-state index is 1.06. The summed E-state index contributed by atoms with van der Waals surface area (Å²) in [5.74, 6) is 0. The molecule has 0 unspecified atom stereocenters. The molecule has 0 spiro atoms. The Bertz CT molecular complexity index is 1190. The van der Waals surface area contributed by atoms with Crippen LogP contribution in [0.25, 0.3) is 32.3 Å². The molecule has 2 N–H and O–H groups in total. The van der Waals surface area contributed by atoms with Gasteiger partial charge in [0, 0.05) is 10.7 Å². The summed E-state index contributed by atoms with van der Waals surface area (Å²) < 4.78 is 0. The van der Waals surface area contributed by atoms with Crippen LogP contribution in [0.15, 0.2) is 146 Å². The molecule has 6 rings (SSSR count). The van der Waals surface area contributed by atoms with Crippen molar-refractivity contribution >= 4 is 64.2 Å².